The van der Waals surface area contributed by atoms with Gasteiger partial charge in [-0.1, -0.05) is 18.1 Å². The molecular formula is C17H15N5O2. The molecule has 0 fully saturated rings. The number of rotatable bonds is 3. The number of aromatic amines is 1. The third-order valence-electron chi connectivity index (χ3n) is 4.04. The Bertz CT molecular complexity index is 1080. The van der Waals surface area contributed by atoms with E-state index in [9.17, 15) is 4.79 Å². The monoisotopic (exact) mass is 321 g/mol. The Morgan fingerprint density at radius 3 is 2.92 bits per heavy atom. The lowest BCUT2D eigenvalue weighted by Crippen LogP contribution is -2.21. The van der Waals surface area contributed by atoms with E-state index >= 15 is 0 Å². The number of hydrogen-bond donors (Lipinski definition) is 1. The zero-order valence-electron chi connectivity index (χ0n) is 13.3. The van der Waals surface area contributed by atoms with Crippen molar-refractivity contribution in [2.45, 2.75) is 20.3 Å². The van der Waals surface area contributed by atoms with Crippen molar-refractivity contribution in [1.29, 1.82) is 0 Å². The third kappa shape index (κ3) is 2.13. The lowest BCUT2D eigenvalue weighted by molar-refractivity contribution is 0.433. The molecule has 0 aliphatic carbocycles. The second kappa shape index (κ2) is 5.45. The molecule has 24 heavy (non-hydrogen) atoms. The van der Waals surface area contributed by atoms with E-state index in [0.717, 1.165) is 11.3 Å². The lowest BCUT2D eigenvalue weighted by atomic mass is 10.1. The molecule has 0 aliphatic rings. The smallest absolute Gasteiger partial charge is 0.277 e. The highest BCUT2D eigenvalue weighted by atomic mass is 16.5. The summed E-state index contributed by atoms with van der Waals surface area (Å²) in [5.41, 5.74) is 4.08. The Hall–Kier alpha value is -3.22. The topological polar surface area (TPSA) is 89.1 Å². The summed E-state index contributed by atoms with van der Waals surface area (Å²) in [6.07, 6.45) is 3.96. The SMILES string of the molecule is CCc1c(C)[nH]c2c(-c3cc(-c4ccccn4)on3)cnn2c1=O. The fourth-order valence-corrected chi connectivity index (χ4v) is 2.80. The van der Waals surface area contributed by atoms with Gasteiger partial charge in [0.15, 0.2) is 5.76 Å². The predicted molar refractivity (Wildman–Crippen MR) is 88.7 cm³/mol. The van der Waals surface area contributed by atoms with Crippen molar-refractivity contribution in [1.82, 2.24) is 24.7 Å². The number of nitrogens with zero attached hydrogens (tertiary/aromatic N) is 4. The Kier molecular flexibility index (Phi) is 3.26. The Labute approximate surface area is 137 Å². The number of nitrogens with one attached hydrogen (secondary N) is 1. The van der Waals surface area contributed by atoms with Gasteiger partial charge in [-0.05, 0) is 25.5 Å². The summed E-state index contributed by atoms with van der Waals surface area (Å²) in [5, 5.41) is 8.30. The zero-order valence-corrected chi connectivity index (χ0v) is 13.3. The molecule has 4 rings (SSSR count). The molecule has 0 unspecified atom stereocenters. The van der Waals surface area contributed by atoms with Crippen LogP contribution in [0.4, 0.5) is 0 Å². The summed E-state index contributed by atoms with van der Waals surface area (Å²) in [6, 6.07) is 7.36. The van der Waals surface area contributed by atoms with E-state index in [1.165, 1.54) is 4.52 Å². The van der Waals surface area contributed by atoms with Crippen molar-refractivity contribution < 1.29 is 4.52 Å². The van der Waals surface area contributed by atoms with Gasteiger partial charge in [-0.25, -0.2) is 0 Å². The average Bonchev–Trinajstić information content (AvgIpc) is 3.22. The second-order valence-corrected chi connectivity index (χ2v) is 5.50. The van der Waals surface area contributed by atoms with E-state index in [-0.39, 0.29) is 5.56 Å². The Morgan fingerprint density at radius 1 is 1.29 bits per heavy atom. The van der Waals surface area contributed by atoms with Gasteiger partial charge in [0, 0.05) is 23.5 Å². The first-order valence-corrected chi connectivity index (χ1v) is 7.67. The molecule has 0 saturated carbocycles. The van der Waals surface area contributed by atoms with Crippen molar-refractivity contribution in [3.63, 3.8) is 0 Å². The van der Waals surface area contributed by atoms with E-state index in [0.29, 0.717) is 34.8 Å². The van der Waals surface area contributed by atoms with Crippen molar-refractivity contribution in [2.75, 3.05) is 0 Å². The molecule has 0 spiro atoms. The molecule has 7 nitrogen and oxygen atoms in total. The van der Waals surface area contributed by atoms with Crippen molar-refractivity contribution >= 4 is 5.65 Å². The van der Waals surface area contributed by atoms with Crippen LogP contribution in [0.5, 0.6) is 0 Å². The number of hydrogen-bond acceptors (Lipinski definition) is 5. The van der Waals surface area contributed by atoms with Gasteiger partial charge in [0.1, 0.15) is 17.0 Å². The summed E-state index contributed by atoms with van der Waals surface area (Å²) in [6.45, 7) is 3.84. The van der Waals surface area contributed by atoms with E-state index < -0.39 is 0 Å². The minimum atomic E-state index is -0.108. The minimum absolute atomic E-state index is 0.108. The highest BCUT2D eigenvalue weighted by Gasteiger charge is 2.17. The predicted octanol–water partition coefficient (Wildman–Crippen LogP) is 2.61. The molecule has 4 aromatic rings. The summed E-state index contributed by atoms with van der Waals surface area (Å²) in [7, 11) is 0. The number of aromatic nitrogens is 5. The van der Waals surface area contributed by atoms with Crippen LogP contribution in [-0.2, 0) is 6.42 Å². The number of pyridine rings is 1. The maximum absolute atomic E-state index is 12.5. The quantitative estimate of drug-likeness (QED) is 0.626. The molecule has 0 amide bonds. The maximum Gasteiger partial charge on any atom is 0.277 e. The number of H-pyrrole nitrogens is 1. The molecule has 4 heterocycles. The molecule has 120 valence electrons. The molecule has 7 heteroatoms. The van der Waals surface area contributed by atoms with Crippen LogP contribution in [-0.4, -0.2) is 24.7 Å². The third-order valence-corrected chi connectivity index (χ3v) is 4.04. The fourth-order valence-electron chi connectivity index (χ4n) is 2.80. The maximum atomic E-state index is 12.5. The van der Waals surface area contributed by atoms with Crippen molar-refractivity contribution in [3.05, 3.63) is 58.3 Å². The van der Waals surface area contributed by atoms with Gasteiger partial charge in [0.05, 0.1) is 11.8 Å². The standard InChI is InChI=1S/C17H15N5O2/c1-3-11-10(2)20-16-12(9-19-22(16)17(11)23)14-8-15(24-21-14)13-6-4-5-7-18-13/h4-9,20H,3H2,1-2H3. The van der Waals surface area contributed by atoms with Gasteiger partial charge in [-0.3, -0.25) is 9.78 Å². The van der Waals surface area contributed by atoms with Crippen LogP contribution in [0, 0.1) is 6.92 Å². The van der Waals surface area contributed by atoms with E-state index in [1.807, 2.05) is 32.0 Å². The molecule has 0 atom stereocenters. The summed E-state index contributed by atoms with van der Waals surface area (Å²) < 4.78 is 6.76. The Balaban J connectivity index is 1.86. The molecule has 0 saturated heterocycles. The van der Waals surface area contributed by atoms with Crippen LogP contribution < -0.4 is 5.56 Å². The van der Waals surface area contributed by atoms with Crippen LogP contribution in [0.25, 0.3) is 28.4 Å². The molecule has 0 bridgehead atoms. The molecule has 0 aromatic carbocycles. The van der Waals surface area contributed by atoms with Crippen molar-refractivity contribution in [3.8, 4) is 22.7 Å². The molecule has 1 N–H and O–H groups in total. The highest BCUT2D eigenvalue weighted by Crippen LogP contribution is 2.26. The second-order valence-electron chi connectivity index (χ2n) is 5.50. The van der Waals surface area contributed by atoms with Gasteiger partial charge in [-0.2, -0.15) is 9.61 Å². The normalized spacial score (nSPS) is 11.2. The first kappa shape index (κ1) is 14.4. The largest absolute Gasteiger partial charge is 0.354 e. The number of fused-ring (bicyclic) bond motifs is 1. The molecular weight excluding hydrogens is 306 g/mol. The highest BCUT2D eigenvalue weighted by molar-refractivity contribution is 5.76. The van der Waals surface area contributed by atoms with Crippen LogP contribution in [0.3, 0.4) is 0 Å². The fraction of sp³-hybridized carbons (Fsp3) is 0.176. The zero-order chi connectivity index (χ0) is 16.7. The first-order valence-electron chi connectivity index (χ1n) is 7.67. The number of aryl methyl sites for hydroxylation is 1. The molecule has 0 radical (unpaired) electrons. The summed E-state index contributed by atoms with van der Waals surface area (Å²) in [5.74, 6) is 0.564. The van der Waals surface area contributed by atoms with Gasteiger partial charge < -0.3 is 9.51 Å². The van der Waals surface area contributed by atoms with Gasteiger partial charge in [-0.15, -0.1) is 0 Å². The summed E-state index contributed by atoms with van der Waals surface area (Å²) >= 11 is 0. The van der Waals surface area contributed by atoms with Crippen LogP contribution in [0.2, 0.25) is 0 Å². The molecule has 4 aromatic heterocycles. The minimum Gasteiger partial charge on any atom is -0.354 e. The first-order chi connectivity index (χ1) is 11.7. The molecule has 0 aliphatic heterocycles. The van der Waals surface area contributed by atoms with Crippen LogP contribution >= 0.6 is 0 Å². The lowest BCUT2D eigenvalue weighted by Gasteiger charge is -2.04. The van der Waals surface area contributed by atoms with E-state index in [2.05, 4.69) is 20.2 Å². The van der Waals surface area contributed by atoms with Crippen LogP contribution in [0.1, 0.15) is 18.2 Å². The van der Waals surface area contributed by atoms with Crippen LogP contribution in [0.15, 0.2) is 46.0 Å². The van der Waals surface area contributed by atoms with Gasteiger partial charge >= 0.3 is 0 Å². The van der Waals surface area contributed by atoms with Gasteiger partial charge in [0.25, 0.3) is 5.56 Å². The van der Waals surface area contributed by atoms with Crippen molar-refractivity contribution in [2.24, 2.45) is 0 Å². The Morgan fingerprint density at radius 2 is 2.17 bits per heavy atom. The van der Waals surface area contributed by atoms with E-state index in [1.54, 1.807) is 18.5 Å². The van der Waals surface area contributed by atoms with E-state index in [4.69, 9.17) is 4.52 Å². The average molecular weight is 321 g/mol. The summed E-state index contributed by atoms with van der Waals surface area (Å²) in [4.78, 5) is 20.0. The van der Waals surface area contributed by atoms with Gasteiger partial charge in [0.2, 0.25) is 0 Å².